The van der Waals surface area contributed by atoms with Gasteiger partial charge in [-0.05, 0) is 45.8 Å². The molecule has 2 heterocycles. The maximum Gasteiger partial charge on any atom is 0.343 e. The third-order valence-corrected chi connectivity index (χ3v) is 6.88. The summed E-state index contributed by atoms with van der Waals surface area (Å²) in [4.78, 5) is 25.6. The largest absolute Gasteiger partial charge is 0.506 e. The first-order valence-electron chi connectivity index (χ1n) is 10.8. The fraction of sp³-hybridized carbons (Fsp3) is 0.231. The number of fused-ring (bicyclic) bond motifs is 2. The van der Waals surface area contributed by atoms with Crippen molar-refractivity contribution in [2.75, 3.05) is 28.4 Å². The van der Waals surface area contributed by atoms with E-state index in [1.54, 1.807) is 36.4 Å². The highest BCUT2D eigenvalue weighted by Gasteiger charge is 2.41. The van der Waals surface area contributed by atoms with Crippen LogP contribution in [0.1, 0.15) is 55.2 Å². The van der Waals surface area contributed by atoms with E-state index in [1.807, 2.05) is 0 Å². The molecule has 9 nitrogen and oxygen atoms in total. The van der Waals surface area contributed by atoms with Crippen LogP contribution in [0.4, 0.5) is 0 Å². The number of phenolic OH excluding ortho intramolecular Hbond substituents is 1. The van der Waals surface area contributed by atoms with E-state index in [4.69, 9.17) is 28.4 Å². The molecule has 0 saturated carbocycles. The quantitative estimate of drug-likeness (QED) is 0.431. The maximum atomic E-state index is 12.8. The Morgan fingerprint density at radius 2 is 1.22 bits per heavy atom. The molecule has 2 aliphatic rings. The molecule has 0 radical (unpaired) electrons. The van der Waals surface area contributed by atoms with Gasteiger partial charge in [0.25, 0.3) is 0 Å². The second-order valence-electron chi connectivity index (χ2n) is 8.04. The first kappa shape index (κ1) is 23.8. The van der Waals surface area contributed by atoms with Gasteiger partial charge in [0.1, 0.15) is 16.9 Å². The zero-order valence-electron chi connectivity index (χ0n) is 19.7. The van der Waals surface area contributed by atoms with Gasteiger partial charge in [0, 0.05) is 16.7 Å². The summed E-state index contributed by atoms with van der Waals surface area (Å²) in [6.07, 6.45) is -1.71. The second kappa shape index (κ2) is 8.94. The van der Waals surface area contributed by atoms with Gasteiger partial charge in [0.05, 0.1) is 32.9 Å². The molecule has 10 heteroatoms. The molecule has 5 rings (SSSR count). The Bertz CT molecular complexity index is 1420. The molecule has 2 aliphatic heterocycles. The lowest BCUT2D eigenvalue weighted by atomic mass is 9.93. The normalized spacial score (nSPS) is 17.7. The van der Waals surface area contributed by atoms with Crippen molar-refractivity contribution in [1.82, 2.24) is 0 Å². The Morgan fingerprint density at radius 1 is 0.722 bits per heavy atom. The number of carbonyl (C=O) groups is 2. The lowest BCUT2D eigenvalue weighted by molar-refractivity contribution is 0.0450. The lowest BCUT2D eigenvalue weighted by Gasteiger charge is -2.19. The van der Waals surface area contributed by atoms with Gasteiger partial charge < -0.3 is 33.5 Å². The summed E-state index contributed by atoms with van der Waals surface area (Å²) >= 11 is 3.38. The lowest BCUT2D eigenvalue weighted by Crippen LogP contribution is -2.06. The Kier molecular flexibility index (Phi) is 5.91. The van der Waals surface area contributed by atoms with E-state index in [0.29, 0.717) is 38.2 Å². The predicted octanol–water partition coefficient (Wildman–Crippen LogP) is 4.71. The maximum absolute atomic E-state index is 12.8. The molecule has 1 N–H and O–H groups in total. The van der Waals surface area contributed by atoms with Crippen molar-refractivity contribution in [2.45, 2.75) is 12.2 Å². The summed E-state index contributed by atoms with van der Waals surface area (Å²) in [7, 11) is 5.84. The molecule has 0 bridgehead atoms. The molecule has 0 aromatic heterocycles. The van der Waals surface area contributed by atoms with Crippen LogP contribution in [0, 0.1) is 0 Å². The molecule has 0 fully saturated rings. The summed E-state index contributed by atoms with van der Waals surface area (Å²) in [6, 6.07) is 10.1. The fourth-order valence-electron chi connectivity index (χ4n) is 4.67. The van der Waals surface area contributed by atoms with E-state index in [-0.39, 0.29) is 28.4 Å². The summed E-state index contributed by atoms with van der Waals surface area (Å²) < 4.78 is 33.2. The van der Waals surface area contributed by atoms with Crippen LogP contribution in [0.3, 0.4) is 0 Å². The summed E-state index contributed by atoms with van der Waals surface area (Å²) in [6.45, 7) is 0. The van der Waals surface area contributed by atoms with E-state index in [0.717, 1.165) is 0 Å². The van der Waals surface area contributed by atoms with Crippen LogP contribution in [0.25, 0.3) is 0 Å². The third kappa shape index (κ3) is 3.43. The van der Waals surface area contributed by atoms with Crippen LogP contribution in [0.15, 0.2) is 40.9 Å². The van der Waals surface area contributed by atoms with Crippen molar-refractivity contribution in [1.29, 1.82) is 0 Å². The molecule has 0 aliphatic carbocycles. The van der Waals surface area contributed by atoms with Gasteiger partial charge in [-0.1, -0.05) is 12.1 Å². The van der Waals surface area contributed by atoms with Gasteiger partial charge in [-0.15, -0.1) is 0 Å². The number of esters is 2. The number of rotatable bonds is 6. The molecule has 36 heavy (non-hydrogen) atoms. The molecule has 3 aromatic rings. The van der Waals surface area contributed by atoms with Crippen molar-refractivity contribution in [3.05, 3.63) is 74.3 Å². The highest BCUT2D eigenvalue weighted by atomic mass is 79.9. The number of benzene rings is 3. The van der Waals surface area contributed by atoms with Crippen LogP contribution >= 0.6 is 15.9 Å². The Labute approximate surface area is 214 Å². The molecule has 3 aromatic carbocycles. The highest BCUT2D eigenvalue weighted by molar-refractivity contribution is 9.10. The average Bonchev–Trinajstić information content (AvgIpc) is 3.41. The SMILES string of the molecule is COc1ccc2c(c1OC)C(=O)O[C@@H]2c1cc([C@@H]2OC(=O)c3c2ccc(OC)c3OC)cc(Br)c1O. The molecule has 0 unspecified atom stereocenters. The summed E-state index contributed by atoms with van der Waals surface area (Å²) in [5.41, 5.74) is 2.44. The van der Waals surface area contributed by atoms with Crippen molar-refractivity contribution in [2.24, 2.45) is 0 Å². The van der Waals surface area contributed by atoms with Gasteiger partial charge >= 0.3 is 11.9 Å². The first-order chi connectivity index (χ1) is 17.3. The number of hydrogen-bond donors (Lipinski definition) is 1. The minimum atomic E-state index is -0.925. The Balaban J connectivity index is 1.64. The molecule has 0 saturated heterocycles. The average molecular weight is 557 g/mol. The number of aromatic hydroxyl groups is 1. The number of hydrogen-bond acceptors (Lipinski definition) is 9. The number of halogens is 1. The highest BCUT2D eigenvalue weighted by Crippen LogP contribution is 2.50. The van der Waals surface area contributed by atoms with Gasteiger partial charge in [0.15, 0.2) is 35.2 Å². The molecule has 0 amide bonds. The molecular weight excluding hydrogens is 536 g/mol. The Morgan fingerprint density at radius 3 is 1.72 bits per heavy atom. The molecule has 2 atom stereocenters. The number of cyclic esters (lactones) is 2. The van der Waals surface area contributed by atoms with Gasteiger partial charge in [0.2, 0.25) is 0 Å². The van der Waals surface area contributed by atoms with Crippen molar-refractivity contribution < 1.29 is 43.1 Å². The van der Waals surface area contributed by atoms with Crippen molar-refractivity contribution in [3.8, 4) is 28.7 Å². The third-order valence-electron chi connectivity index (χ3n) is 6.28. The minimum absolute atomic E-state index is 0.115. The van der Waals surface area contributed by atoms with Gasteiger partial charge in [-0.25, -0.2) is 9.59 Å². The number of ether oxygens (including phenoxy) is 6. The van der Waals surface area contributed by atoms with Crippen LogP contribution in [0.2, 0.25) is 0 Å². The van der Waals surface area contributed by atoms with E-state index < -0.39 is 24.1 Å². The summed E-state index contributed by atoms with van der Waals surface area (Å²) in [5.74, 6) is 0.0208. The number of methoxy groups -OCH3 is 4. The standard InChI is InChI=1S/C26H21BrO9/c1-31-16-7-5-12-18(23(16)33-3)25(29)35-21(12)11-9-14(20(28)15(27)10-11)22-13-6-8-17(32-2)24(34-4)19(13)26(30)36-22/h5-10,21-22,28H,1-4H3/t21-,22-/m0/s1. The van der Waals surface area contributed by atoms with Gasteiger partial charge in [-0.3, -0.25) is 0 Å². The minimum Gasteiger partial charge on any atom is -0.506 e. The summed E-state index contributed by atoms with van der Waals surface area (Å²) in [5, 5.41) is 10.9. The van der Waals surface area contributed by atoms with Crippen LogP contribution in [-0.2, 0) is 9.47 Å². The first-order valence-corrected chi connectivity index (χ1v) is 11.6. The zero-order chi connectivity index (χ0) is 25.7. The molecule has 0 spiro atoms. The van der Waals surface area contributed by atoms with E-state index in [9.17, 15) is 14.7 Å². The monoisotopic (exact) mass is 556 g/mol. The van der Waals surface area contributed by atoms with E-state index in [2.05, 4.69) is 15.9 Å². The fourth-order valence-corrected chi connectivity index (χ4v) is 5.17. The zero-order valence-corrected chi connectivity index (χ0v) is 21.3. The second-order valence-corrected chi connectivity index (χ2v) is 8.90. The van der Waals surface area contributed by atoms with Crippen molar-refractivity contribution in [3.63, 3.8) is 0 Å². The number of carbonyl (C=O) groups excluding carboxylic acids is 2. The topological polar surface area (TPSA) is 110 Å². The smallest absolute Gasteiger partial charge is 0.343 e. The number of phenols is 1. The van der Waals surface area contributed by atoms with E-state index >= 15 is 0 Å². The van der Waals surface area contributed by atoms with E-state index in [1.165, 1.54) is 28.4 Å². The van der Waals surface area contributed by atoms with Crippen molar-refractivity contribution >= 4 is 27.9 Å². The predicted molar refractivity (Wildman–Crippen MR) is 129 cm³/mol. The van der Waals surface area contributed by atoms with Crippen LogP contribution in [0.5, 0.6) is 28.7 Å². The van der Waals surface area contributed by atoms with Gasteiger partial charge in [-0.2, -0.15) is 0 Å². The molecular formula is C26H21BrO9. The van der Waals surface area contributed by atoms with Crippen LogP contribution in [-0.4, -0.2) is 45.5 Å². The molecule has 186 valence electrons. The van der Waals surface area contributed by atoms with Crippen LogP contribution < -0.4 is 18.9 Å². The Hall–Kier alpha value is -3.92.